The molecule has 22 heavy (non-hydrogen) atoms. The smallest absolute Gasteiger partial charge is 0.250 e. The number of nitrogens with zero attached hydrogens (tertiary/aromatic N) is 1. The maximum Gasteiger partial charge on any atom is 0.250 e. The monoisotopic (exact) mass is 297 g/mol. The Balaban J connectivity index is 2.09. The van der Waals surface area contributed by atoms with Gasteiger partial charge in [-0.25, -0.2) is 0 Å². The molecule has 2 heterocycles. The highest BCUT2D eigenvalue weighted by atomic mass is 16.1. The molecular formula is C18H23N3O. The Kier molecular flexibility index (Phi) is 3.79. The lowest BCUT2D eigenvalue weighted by atomic mass is 9.91. The van der Waals surface area contributed by atoms with Crippen LogP contribution >= 0.6 is 0 Å². The Bertz CT molecular complexity index is 744. The van der Waals surface area contributed by atoms with E-state index in [-0.39, 0.29) is 5.91 Å². The van der Waals surface area contributed by atoms with Gasteiger partial charge in [-0.2, -0.15) is 0 Å². The molecule has 1 fully saturated rings. The number of nitrogens with one attached hydrogen (secondary N) is 1. The Hall–Kier alpha value is -2.07. The third kappa shape index (κ3) is 2.33. The van der Waals surface area contributed by atoms with E-state index in [0.29, 0.717) is 11.5 Å². The minimum absolute atomic E-state index is 0.377. The van der Waals surface area contributed by atoms with E-state index in [1.165, 1.54) is 16.5 Å². The van der Waals surface area contributed by atoms with Crippen molar-refractivity contribution >= 4 is 16.8 Å². The van der Waals surface area contributed by atoms with E-state index in [1.807, 2.05) is 19.1 Å². The summed E-state index contributed by atoms with van der Waals surface area (Å²) >= 11 is 0. The van der Waals surface area contributed by atoms with Gasteiger partial charge in [0.25, 0.3) is 5.91 Å². The van der Waals surface area contributed by atoms with E-state index in [0.717, 1.165) is 37.3 Å². The van der Waals surface area contributed by atoms with Crippen molar-refractivity contribution in [3.05, 3.63) is 47.2 Å². The zero-order valence-corrected chi connectivity index (χ0v) is 13.3. The van der Waals surface area contributed by atoms with Crippen LogP contribution in [-0.4, -0.2) is 35.4 Å². The topological polar surface area (TPSA) is 62.1 Å². The maximum atomic E-state index is 11.7. The van der Waals surface area contributed by atoms with Crippen molar-refractivity contribution in [1.29, 1.82) is 0 Å². The molecule has 0 spiro atoms. The normalized spacial score (nSPS) is 18.9. The first-order valence-electron chi connectivity index (χ1n) is 7.77. The fraction of sp³-hybridized carbons (Fsp3) is 0.389. The minimum atomic E-state index is -0.377. The molecule has 116 valence electrons. The van der Waals surface area contributed by atoms with Gasteiger partial charge in [-0.15, -0.1) is 6.58 Å². The highest BCUT2D eigenvalue weighted by Crippen LogP contribution is 2.36. The van der Waals surface area contributed by atoms with E-state index in [1.54, 1.807) is 0 Å². The molecule has 3 N–H and O–H groups in total. The Morgan fingerprint density at radius 1 is 1.50 bits per heavy atom. The van der Waals surface area contributed by atoms with Gasteiger partial charge >= 0.3 is 0 Å². The number of hydrogen-bond acceptors (Lipinski definition) is 2. The number of fused-ring (bicyclic) bond motifs is 1. The molecule has 2 aromatic rings. The van der Waals surface area contributed by atoms with Crippen LogP contribution in [0.1, 0.15) is 39.5 Å². The third-order valence-corrected chi connectivity index (χ3v) is 4.85. The molecule has 1 aliphatic rings. The van der Waals surface area contributed by atoms with E-state index in [4.69, 9.17) is 5.73 Å². The number of benzene rings is 1. The Morgan fingerprint density at radius 2 is 2.27 bits per heavy atom. The quantitative estimate of drug-likeness (QED) is 0.852. The van der Waals surface area contributed by atoms with Crippen molar-refractivity contribution < 1.29 is 4.79 Å². The van der Waals surface area contributed by atoms with Gasteiger partial charge in [0.2, 0.25) is 0 Å². The van der Waals surface area contributed by atoms with Crippen molar-refractivity contribution in [2.75, 3.05) is 19.6 Å². The lowest BCUT2D eigenvalue weighted by Gasteiger charge is -2.16. The summed E-state index contributed by atoms with van der Waals surface area (Å²) in [5.74, 6) is 0.121. The van der Waals surface area contributed by atoms with Crippen molar-refractivity contribution in [1.82, 2.24) is 9.88 Å². The SMILES string of the molecule is C=CCN1CCC(c2ccc(C(N)=O)c3[nH]c(C)c(C)c23)C1. The number of amides is 1. The molecule has 1 aliphatic heterocycles. The van der Waals surface area contributed by atoms with Gasteiger partial charge < -0.3 is 10.7 Å². The van der Waals surface area contributed by atoms with Crippen molar-refractivity contribution in [3.63, 3.8) is 0 Å². The third-order valence-electron chi connectivity index (χ3n) is 4.85. The predicted octanol–water partition coefficient (Wildman–Crippen LogP) is 2.86. The summed E-state index contributed by atoms with van der Waals surface area (Å²) in [6.07, 6.45) is 3.10. The Labute approximate surface area is 131 Å². The first-order chi connectivity index (χ1) is 10.5. The average molecular weight is 297 g/mol. The van der Waals surface area contributed by atoms with Crippen molar-refractivity contribution in [3.8, 4) is 0 Å². The second-order valence-electron chi connectivity index (χ2n) is 6.23. The number of nitrogens with two attached hydrogens (primary N) is 1. The fourth-order valence-electron chi connectivity index (χ4n) is 3.60. The summed E-state index contributed by atoms with van der Waals surface area (Å²) in [6, 6.07) is 3.95. The largest absolute Gasteiger partial charge is 0.366 e. The average Bonchev–Trinajstić information content (AvgIpc) is 3.05. The van der Waals surface area contributed by atoms with E-state index < -0.39 is 0 Å². The summed E-state index contributed by atoms with van der Waals surface area (Å²) in [4.78, 5) is 17.5. The molecule has 0 radical (unpaired) electrons. The second-order valence-corrected chi connectivity index (χ2v) is 6.23. The van der Waals surface area contributed by atoms with Gasteiger partial charge in [-0.3, -0.25) is 9.69 Å². The molecule has 4 heteroatoms. The highest BCUT2D eigenvalue weighted by molar-refractivity contribution is 6.07. The molecule has 4 nitrogen and oxygen atoms in total. The van der Waals surface area contributed by atoms with Crippen LogP contribution in [0.15, 0.2) is 24.8 Å². The highest BCUT2D eigenvalue weighted by Gasteiger charge is 2.26. The molecule has 1 aromatic carbocycles. The summed E-state index contributed by atoms with van der Waals surface area (Å²) in [7, 11) is 0. The number of carbonyl (C=O) groups is 1. The van der Waals surface area contributed by atoms with Crippen molar-refractivity contribution in [2.45, 2.75) is 26.2 Å². The second kappa shape index (κ2) is 5.61. The molecule has 0 aliphatic carbocycles. The molecule has 1 amide bonds. The fourth-order valence-corrected chi connectivity index (χ4v) is 3.60. The standard InChI is InChI=1S/C18H23N3O/c1-4-8-21-9-7-13(10-21)14-5-6-15(18(19)22)17-16(14)11(2)12(3)20-17/h4-6,13,20H,1,7-10H2,2-3H3,(H2,19,22). The molecule has 1 unspecified atom stereocenters. The number of rotatable bonds is 4. The van der Waals surface area contributed by atoms with Gasteiger partial charge in [0.15, 0.2) is 0 Å². The Morgan fingerprint density at radius 3 is 2.95 bits per heavy atom. The first-order valence-corrected chi connectivity index (χ1v) is 7.77. The number of hydrogen-bond donors (Lipinski definition) is 2. The summed E-state index contributed by atoms with van der Waals surface area (Å²) in [5, 5.41) is 1.18. The maximum absolute atomic E-state index is 11.7. The number of aromatic amines is 1. The molecule has 1 saturated heterocycles. The number of H-pyrrole nitrogens is 1. The molecule has 0 bridgehead atoms. The van der Waals surface area contributed by atoms with Crippen LogP contribution in [0.2, 0.25) is 0 Å². The van der Waals surface area contributed by atoms with Gasteiger partial charge in [-0.1, -0.05) is 12.1 Å². The van der Waals surface area contributed by atoms with Crippen molar-refractivity contribution in [2.24, 2.45) is 5.73 Å². The molecule has 3 rings (SSSR count). The van der Waals surface area contributed by atoms with Gasteiger partial charge in [0.1, 0.15) is 0 Å². The first kappa shape index (κ1) is 14.9. The molecule has 1 atom stereocenters. The number of aryl methyl sites for hydroxylation is 2. The zero-order valence-electron chi connectivity index (χ0n) is 13.3. The lowest BCUT2D eigenvalue weighted by Crippen LogP contribution is -2.20. The molecule has 1 aromatic heterocycles. The van der Waals surface area contributed by atoms with Crippen LogP contribution in [0, 0.1) is 13.8 Å². The molecular weight excluding hydrogens is 274 g/mol. The van der Waals surface area contributed by atoms with Gasteiger partial charge in [0, 0.05) is 24.2 Å². The van der Waals surface area contributed by atoms with E-state index >= 15 is 0 Å². The number of aromatic nitrogens is 1. The number of primary amides is 1. The zero-order chi connectivity index (χ0) is 15.9. The van der Waals surface area contributed by atoms with Crippen LogP contribution in [0.5, 0.6) is 0 Å². The lowest BCUT2D eigenvalue weighted by molar-refractivity contribution is 0.100. The summed E-state index contributed by atoms with van der Waals surface area (Å²) < 4.78 is 0. The van der Waals surface area contributed by atoms with Crippen LogP contribution in [0.3, 0.4) is 0 Å². The number of likely N-dealkylation sites (tertiary alicyclic amines) is 1. The van der Waals surface area contributed by atoms with E-state index in [2.05, 4.69) is 29.5 Å². The van der Waals surface area contributed by atoms with Crippen LogP contribution < -0.4 is 5.73 Å². The van der Waals surface area contributed by atoms with Crippen LogP contribution in [0.25, 0.3) is 10.9 Å². The van der Waals surface area contributed by atoms with Gasteiger partial charge in [0.05, 0.1) is 11.1 Å². The predicted molar refractivity (Wildman–Crippen MR) is 90.3 cm³/mol. The van der Waals surface area contributed by atoms with E-state index in [9.17, 15) is 4.79 Å². The minimum Gasteiger partial charge on any atom is -0.366 e. The summed E-state index contributed by atoms with van der Waals surface area (Å²) in [5.41, 5.74) is 10.6. The number of carbonyl (C=O) groups excluding carboxylic acids is 1. The van der Waals surface area contributed by atoms with Crippen LogP contribution in [-0.2, 0) is 0 Å². The van der Waals surface area contributed by atoms with Gasteiger partial charge in [-0.05, 0) is 49.9 Å². The molecule has 0 saturated carbocycles. The van der Waals surface area contributed by atoms with Crippen LogP contribution in [0.4, 0.5) is 0 Å². The summed E-state index contributed by atoms with van der Waals surface area (Å²) in [6.45, 7) is 11.0.